The summed E-state index contributed by atoms with van der Waals surface area (Å²) in [5.41, 5.74) is 1.10. The zero-order chi connectivity index (χ0) is 26.3. The van der Waals surface area contributed by atoms with Crippen LogP contribution in [0.3, 0.4) is 0 Å². The fourth-order valence-corrected chi connectivity index (χ4v) is 6.74. The Balaban J connectivity index is 1.35. The number of pyridine rings is 1. The zero-order valence-corrected chi connectivity index (χ0v) is 21.9. The van der Waals surface area contributed by atoms with Gasteiger partial charge in [0, 0.05) is 38.2 Å². The highest BCUT2D eigenvalue weighted by Crippen LogP contribution is 2.37. The molecule has 4 rings (SSSR count). The van der Waals surface area contributed by atoms with Crippen molar-refractivity contribution in [1.82, 2.24) is 28.9 Å². The van der Waals surface area contributed by atoms with E-state index in [1.807, 2.05) is 6.92 Å². The number of imidazole rings is 1. The fourth-order valence-electron chi connectivity index (χ4n) is 4.30. The molecule has 0 bridgehead atoms. The van der Waals surface area contributed by atoms with Crippen LogP contribution in [0.25, 0.3) is 11.5 Å². The number of carbonyl (C=O) groups is 1. The first kappa shape index (κ1) is 26.7. The summed E-state index contributed by atoms with van der Waals surface area (Å²) in [6.07, 6.45) is 3.59. The molecule has 36 heavy (non-hydrogen) atoms. The van der Waals surface area contributed by atoms with Gasteiger partial charge in [0.15, 0.2) is 11.0 Å². The number of nitrogens with zero attached hydrogens (tertiary/aromatic N) is 4. The van der Waals surface area contributed by atoms with Gasteiger partial charge in [-0.05, 0) is 24.5 Å². The van der Waals surface area contributed by atoms with Crippen molar-refractivity contribution in [1.29, 1.82) is 0 Å². The molecule has 0 spiro atoms. The molecule has 15 heteroatoms. The molecule has 0 radical (unpaired) electrons. The summed E-state index contributed by atoms with van der Waals surface area (Å²) < 4.78 is 64.1. The molecule has 2 atom stereocenters. The molecule has 0 aliphatic carbocycles. The van der Waals surface area contributed by atoms with Gasteiger partial charge in [-0.15, -0.1) is 0 Å². The van der Waals surface area contributed by atoms with Crippen LogP contribution in [0.2, 0.25) is 5.15 Å². The van der Waals surface area contributed by atoms with Gasteiger partial charge in [-0.3, -0.25) is 4.79 Å². The molecule has 196 valence electrons. The maximum absolute atomic E-state index is 13.2. The van der Waals surface area contributed by atoms with Crippen molar-refractivity contribution in [2.45, 2.75) is 25.3 Å². The molecule has 2 aromatic rings. The van der Waals surface area contributed by atoms with Crippen LogP contribution in [0.5, 0.6) is 0 Å². The van der Waals surface area contributed by atoms with Crippen molar-refractivity contribution >= 4 is 37.6 Å². The molecule has 2 N–H and O–H groups in total. The summed E-state index contributed by atoms with van der Waals surface area (Å²) in [6.45, 7) is 2.65. The van der Waals surface area contributed by atoms with E-state index in [4.69, 9.17) is 11.6 Å². The third-order valence-corrected chi connectivity index (χ3v) is 9.36. The first-order valence-electron chi connectivity index (χ1n) is 11.1. The number of carbonyl (C=O) groups excluding carboxylic acids is 1. The molecular weight excluding hydrogens is 535 g/mol. The highest BCUT2D eigenvalue weighted by atomic mass is 35.5. The summed E-state index contributed by atoms with van der Waals surface area (Å²) in [7, 11) is -7.15. The molecule has 11 nitrogen and oxygen atoms in total. The van der Waals surface area contributed by atoms with Gasteiger partial charge in [0.05, 0.1) is 29.6 Å². The Bertz CT molecular complexity index is 1370. The van der Waals surface area contributed by atoms with E-state index < -0.39 is 31.8 Å². The van der Waals surface area contributed by atoms with Crippen LogP contribution in [-0.4, -0.2) is 84.8 Å². The largest absolute Gasteiger partial charge is 0.347 e. The number of hydrogen-bond acceptors (Lipinski definition) is 7. The second-order valence-corrected chi connectivity index (χ2v) is 13.2. The summed E-state index contributed by atoms with van der Waals surface area (Å²) in [6, 6.07) is 2.40. The maximum Gasteiger partial charge on any atom is 0.245 e. The topological polar surface area (TPSA) is 145 Å². The van der Waals surface area contributed by atoms with Crippen LogP contribution >= 0.6 is 11.6 Å². The van der Waals surface area contributed by atoms with Gasteiger partial charge >= 0.3 is 0 Å². The average Bonchev–Trinajstić information content (AvgIpc) is 3.15. The first-order valence-corrected chi connectivity index (χ1v) is 14.9. The predicted molar refractivity (Wildman–Crippen MR) is 131 cm³/mol. The molecule has 2 aromatic heterocycles. The Morgan fingerprint density at radius 2 is 1.94 bits per heavy atom. The van der Waals surface area contributed by atoms with Crippen LogP contribution in [-0.2, 0) is 24.8 Å². The van der Waals surface area contributed by atoms with E-state index in [1.54, 1.807) is 0 Å². The Kier molecular flexibility index (Phi) is 7.53. The molecule has 1 amide bonds. The number of amides is 1. The lowest BCUT2D eigenvalue weighted by Gasteiger charge is -2.37. The highest BCUT2D eigenvalue weighted by molar-refractivity contribution is 7.92. The standard InChI is InChI=1S/C21H26ClFN6O5S2/c1-13-10-28(36(33,34)8-6-18(30)25-15-11-29(12-15)35(2,31)32)7-5-16(13)19-20(22)27-21(26-19)17-4-3-14(23)9-24-17/h3-4,6,8-9,13,15-16H,5,7,10-12H2,1-2H3,(H,25,30)(H,26,27)/t13-,16+/m0/s1. The number of aromatic nitrogens is 3. The molecule has 2 saturated heterocycles. The summed E-state index contributed by atoms with van der Waals surface area (Å²) >= 11 is 6.36. The van der Waals surface area contributed by atoms with Crippen molar-refractivity contribution in [3.63, 3.8) is 0 Å². The quantitative estimate of drug-likeness (QED) is 0.485. The van der Waals surface area contributed by atoms with Gasteiger partial charge < -0.3 is 10.3 Å². The maximum atomic E-state index is 13.2. The smallest absolute Gasteiger partial charge is 0.245 e. The Morgan fingerprint density at radius 1 is 1.22 bits per heavy atom. The van der Waals surface area contributed by atoms with Gasteiger partial charge in [0.2, 0.25) is 26.0 Å². The summed E-state index contributed by atoms with van der Waals surface area (Å²) in [5, 5.41) is 3.71. The minimum absolute atomic E-state index is 0.0886. The van der Waals surface area contributed by atoms with Crippen LogP contribution < -0.4 is 5.32 Å². The van der Waals surface area contributed by atoms with E-state index >= 15 is 0 Å². The normalized spacial score (nSPS) is 22.6. The molecule has 2 aliphatic heterocycles. The van der Waals surface area contributed by atoms with Crippen molar-refractivity contribution in [2.24, 2.45) is 5.92 Å². The minimum atomic E-state index is -3.85. The van der Waals surface area contributed by atoms with Crippen molar-refractivity contribution < 1.29 is 26.0 Å². The average molecular weight is 561 g/mol. The van der Waals surface area contributed by atoms with Gasteiger partial charge in [-0.25, -0.2) is 31.2 Å². The second kappa shape index (κ2) is 10.2. The number of nitrogens with one attached hydrogen (secondary N) is 2. The highest BCUT2D eigenvalue weighted by Gasteiger charge is 2.36. The Morgan fingerprint density at radius 3 is 2.56 bits per heavy atom. The lowest BCUT2D eigenvalue weighted by molar-refractivity contribution is -0.117. The van der Waals surface area contributed by atoms with E-state index in [0.717, 1.165) is 23.9 Å². The molecule has 0 aromatic carbocycles. The van der Waals surface area contributed by atoms with Crippen molar-refractivity contribution in [3.05, 3.63) is 46.5 Å². The van der Waals surface area contributed by atoms with Crippen molar-refractivity contribution in [2.75, 3.05) is 32.4 Å². The zero-order valence-electron chi connectivity index (χ0n) is 19.6. The molecule has 4 heterocycles. The number of hydrogen-bond donors (Lipinski definition) is 2. The van der Waals surface area contributed by atoms with E-state index in [-0.39, 0.29) is 49.2 Å². The number of H-pyrrole nitrogens is 1. The van der Waals surface area contributed by atoms with Crippen LogP contribution in [0, 0.1) is 11.7 Å². The van der Waals surface area contributed by atoms with Crippen LogP contribution in [0.15, 0.2) is 29.8 Å². The van der Waals surface area contributed by atoms with Gasteiger partial charge in [0.25, 0.3) is 0 Å². The molecule has 0 unspecified atom stereocenters. The number of halogens is 2. The van der Waals surface area contributed by atoms with Gasteiger partial charge in [-0.2, -0.15) is 8.61 Å². The summed E-state index contributed by atoms with van der Waals surface area (Å²) in [5.74, 6) is -0.871. The van der Waals surface area contributed by atoms with E-state index in [2.05, 4.69) is 20.3 Å². The number of aromatic amines is 1. The Hall–Kier alpha value is -2.39. The van der Waals surface area contributed by atoms with E-state index in [1.165, 1.54) is 20.7 Å². The predicted octanol–water partition coefficient (Wildman–Crippen LogP) is 1.29. The summed E-state index contributed by atoms with van der Waals surface area (Å²) in [4.78, 5) is 23.6. The van der Waals surface area contributed by atoms with Crippen LogP contribution in [0.1, 0.15) is 25.0 Å². The SMILES string of the molecule is C[C@H]1CN(S(=O)(=O)C=CC(=O)NC2CN(S(C)(=O)=O)C2)CC[C@H]1c1[nH]c(-c2ccc(F)cn2)nc1Cl. The third-order valence-electron chi connectivity index (χ3n) is 6.31. The van der Waals surface area contributed by atoms with Gasteiger partial charge in [-0.1, -0.05) is 18.5 Å². The monoisotopic (exact) mass is 560 g/mol. The number of piperidine rings is 1. The van der Waals surface area contributed by atoms with Crippen LogP contribution in [0.4, 0.5) is 4.39 Å². The lowest BCUT2D eigenvalue weighted by atomic mass is 9.86. The Labute approximate surface area is 213 Å². The number of sulfonamides is 2. The van der Waals surface area contributed by atoms with E-state index in [0.29, 0.717) is 23.6 Å². The van der Waals surface area contributed by atoms with Crippen molar-refractivity contribution in [3.8, 4) is 11.5 Å². The van der Waals surface area contributed by atoms with E-state index in [9.17, 15) is 26.0 Å². The molecule has 2 fully saturated rings. The molecular formula is C21H26ClFN6O5S2. The molecule has 0 saturated carbocycles. The first-order chi connectivity index (χ1) is 16.8. The van der Waals surface area contributed by atoms with Gasteiger partial charge in [0.1, 0.15) is 11.5 Å². The second-order valence-electron chi connectivity index (χ2n) is 9.02. The fraction of sp³-hybridized carbons (Fsp3) is 0.476. The minimum Gasteiger partial charge on any atom is -0.347 e. The molecule has 2 aliphatic rings. The number of rotatable bonds is 7. The third kappa shape index (κ3) is 5.94. The lowest BCUT2D eigenvalue weighted by Crippen LogP contribution is -2.60.